The van der Waals surface area contributed by atoms with Crippen LogP contribution in [0.1, 0.15) is 19.3 Å². The first-order valence-electron chi connectivity index (χ1n) is 8.77. The molecule has 0 spiro atoms. The molecule has 6 heteroatoms. The minimum absolute atomic E-state index is 0.0226. The van der Waals surface area contributed by atoms with Crippen molar-refractivity contribution >= 4 is 17.0 Å². The number of para-hydroxylation sites is 3. The topological polar surface area (TPSA) is 73.5 Å². The fourth-order valence-electron chi connectivity index (χ4n) is 2.72. The van der Waals surface area contributed by atoms with E-state index in [-0.39, 0.29) is 11.7 Å². The van der Waals surface area contributed by atoms with Gasteiger partial charge in [0.1, 0.15) is 5.75 Å². The monoisotopic (exact) mass is 354 g/mol. The van der Waals surface area contributed by atoms with Crippen LogP contribution in [-0.2, 0) is 11.3 Å². The van der Waals surface area contributed by atoms with E-state index in [4.69, 9.17) is 9.15 Å². The zero-order chi connectivity index (χ0) is 18.2. The molecule has 2 aromatic carbocycles. The molecule has 0 aliphatic rings. The molecule has 1 N–H and O–H groups in total. The van der Waals surface area contributed by atoms with E-state index >= 15 is 0 Å². The third-order valence-electron chi connectivity index (χ3n) is 4.01. The smallest absolute Gasteiger partial charge is 0.419 e. The number of aryl methyl sites for hydroxylation is 1. The Balaban J connectivity index is 1.34. The molecule has 0 saturated heterocycles. The molecule has 136 valence electrons. The van der Waals surface area contributed by atoms with E-state index in [1.165, 1.54) is 0 Å². The number of amides is 1. The Morgan fingerprint density at radius 3 is 2.65 bits per heavy atom. The van der Waals surface area contributed by atoms with Gasteiger partial charge in [0, 0.05) is 19.5 Å². The number of ether oxygens (including phenoxy) is 1. The lowest BCUT2D eigenvalue weighted by Gasteiger charge is -2.07. The summed E-state index contributed by atoms with van der Waals surface area (Å²) < 4.78 is 12.3. The van der Waals surface area contributed by atoms with Crippen LogP contribution in [-0.4, -0.2) is 23.6 Å². The fourth-order valence-corrected chi connectivity index (χ4v) is 2.72. The van der Waals surface area contributed by atoms with Crippen molar-refractivity contribution in [2.24, 2.45) is 0 Å². The molecule has 26 heavy (non-hydrogen) atoms. The van der Waals surface area contributed by atoms with Crippen LogP contribution in [0.15, 0.2) is 63.8 Å². The number of nitrogens with zero attached hydrogens (tertiary/aromatic N) is 1. The van der Waals surface area contributed by atoms with Gasteiger partial charge in [-0.2, -0.15) is 0 Å². The summed E-state index contributed by atoms with van der Waals surface area (Å²) >= 11 is 0. The molecule has 3 rings (SSSR count). The summed E-state index contributed by atoms with van der Waals surface area (Å²) in [6.07, 6.45) is 1.69. The number of nitrogens with one attached hydrogen (secondary N) is 1. The molecule has 3 aromatic rings. The van der Waals surface area contributed by atoms with Gasteiger partial charge in [0.25, 0.3) is 0 Å². The predicted molar refractivity (Wildman–Crippen MR) is 99.3 cm³/mol. The van der Waals surface area contributed by atoms with Crippen LogP contribution in [0.5, 0.6) is 5.75 Å². The molecule has 1 heterocycles. The fraction of sp³-hybridized carbons (Fsp3) is 0.300. The molecule has 0 aliphatic heterocycles. The molecule has 6 nitrogen and oxygen atoms in total. The standard InChI is InChI=1S/C20H22N2O4/c23-19(21-13-7-15-25-16-8-2-1-3-9-16)12-6-14-22-17-10-4-5-11-18(17)26-20(22)24/h1-5,8-11H,6-7,12-15H2,(H,21,23). The summed E-state index contributed by atoms with van der Waals surface area (Å²) in [6.45, 7) is 1.58. The molecular formula is C20H22N2O4. The van der Waals surface area contributed by atoms with Crippen LogP contribution in [0.3, 0.4) is 0 Å². The van der Waals surface area contributed by atoms with Crippen molar-refractivity contribution in [2.45, 2.75) is 25.8 Å². The van der Waals surface area contributed by atoms with Crippen LogP contribution in [0.4, 0.5) is 0 Å². The van der Waals surface area contributed by atoms with Gasteiger partial charge in [0.2, 0.25) is 5.91 Å². The first-order valence-corrected chi connectivity index (χ1v) is 8.77. The van der Waals surface area contributed by atoms with Gasteiger partial charge in [0.15, 0.2) is 5.58 Å². The van der Waals surface area contributed by atoms with Crippen molar-refractivity contribution in [1.29, 1.82) is 0 Å². The van der Waals surface area contributed by atoms with E-state index in [0.717, 1.165) is 17.7 Å². The maximum atomic E-state index is 11.9. The number of oxazole rings is 1. The van der Waals surface area contributed by atoms with Gasteiger partial charge in [-0.05, 0) is 37.1 Å². The lowest BCUT2D eigenvalue weighted by molar-refractivity contribution is -0.121. The Labute approximate surface area is 151 Å². The van der Waals surface area contributed by atoms with Gasteiger partial charge in [-0.3, -0.25) is 9.36 Å². The Morgan fingerprint density at radius 2 is 1.81 bits per heavy atom. The summed E-state index contributed by atoms with van der Waals surface area (Å²) in [5, 5.41) is 2.87. The first-order chi connectivity index (χ1) is 12.7. The van der Waals surface area contributed by atoms with Crippen molar-refractivity contribution in [1.82, 2.24) is 9.88 Å². The zero-order valence-corrected chi connectivity index (χ0v) is 14.5. The highest BCUT2D eigenvalue weighted by atomic mass is 16.5. The number of carbonyl (C=O) groups excluding carboxylic acids is 1. The summed E-state index contributed by atoms with van der Waals surface area (Å²) in [6, 6.07) is 16.9. The number of hydrogen-bond donors (Lipinski definition) is 1. The SMILES string of the molecule is O=C(CCCn1c(=O)oc2ccccc21)NCCCOc1ccccc1. The third-order valence-corrected chi connectivity index (χ3v) is 4.01. The Hall–Kier alpha value is -3.02. The van der Waals surface area contributed by atoms with Gasteiger partial charge in [0.05, 0.1) is 12.1 Å². The largest absolute Gasteiger partial charge is 0.494 e. The predicted octanol–water partition coefficient (Wildman–Crippen LogP) is 2.96. The lowest BCUT2D eigenvalue weighted by Crippen LogP contribution is -2.26. The van der Waals surface area contributed by atoms with Crippen molar-refractivity contribution in [3.63, 3.8) is 0 Å². The summed E-state index contributed by atoms with van der Waals surface area (Å²) in [4.78, 5) is 23.7. The van der Waals surface area contributed by atoms with Gasteiger partial charge in [-0.15, -0.1) is 0 Å². The Bertz CT molecular complexity index is 899. The summed E-state index contributed by atoms with van der Waals surface area (Å²) in [5.41, 5.74) is 1.33. The number of benzene rings is 2. The highest BCUT2D eigenvalue weighted by Crippen LogP contribution is 2.12. The highest BCUT2D eigenvalue weighted by Gasteiger charge is 2.09. The molecule has 0 radical (unpaired) electrons. The van der Waals surface area contributed by atoms with Gasteiger partial charge >= 0.3 is 5.76 Å². The number of carbonyl (C=O) groups is 1. The quantitative estimate of drug-likeness (QED) is 0.600. The van der Waals surface area contributed by atoms with Crippen molar-refractivity contribution in [3.8, 4) is 5.75 Å². The van der Waals surface area contributed by atoms with E-state index in [0.29, 0.717) is 38.1 Å². The number of rotatable bonds is 9. The molecule has 0 bridgehead atoms. The molecular weight excluding hydrogens is 332 g/mol. The molecule has 0 aliphatic carbocycles. The van der Waals surface area contributed by atoms with E-state index in [9.17, 15) is 9.59 Å². The van der Waals surface area contributed by atoms with Crippen molar-refractivity contribution < 1.29 is 13.9 Å². The van der Waals surface area contributed by atoms with Gasteiger partial charge < -0.3 is 14.5 Å². The van der Waals surface area contributed by atoms with Crippen LogP contribution < -0.4 is 15.8 Å². The minimum atomic E-state index is -0.385. The molecule has 0 fully saturated rings. The Morgan fingerprint density at radius 1 is 1.04 bits per heavy atom. The number of aromatic nitrogens is 1. The molecule has 1 amide bonds. The Kier molecular flexibility index (Phi) is 6.09. The van der Waals surface area contributed by atoms with E-state index in [1.54, 1.807) is 10.6 Å². The number of fused-ring (bicyclic) bond motifs is 1. The van der Waals surface area contributed by atoms with Gasteiger partial charge in [-0.1, -0.05) is 30.3 Å². The number of hydrogen-bond acceptors (Lipinski definition) is 4. The van der Waals surface area contributed by atoms with Gasteiger partial charge in [-0.25, -0.2) is 4.79 Å². The third kappa shape index (κ3) is 4.75. The second kappa shape index (κ2) is 8.89. The van der Waals surface area contributed by atoms with Crippen molar-refractivity contribution in [3.05, 3.63) is 65.1 Å². The average Bonchev–Trinajstić information content (AvgIpc) is 2.98. The van der Waals surface area contributed by atoms with Crippen LogP contribution in [0, 0.1) is 0 Å². The molecule has 0 saturated carbocycles. The highest BCUT2D eigenvalue weighted by molar-refractivity contribution is 5.76. The summed E-state index contributed by atoms with van der Waals surface area (Å²) in [7, 11) is 0. The molecule has 0 unspecified atom stereocenters. The van der Waals surface area contributed by atoms with Crippen molar-refractivity contribution in [2.75, 3.05) is 13.2 Å². The normalized spacial score (nSPS) is 10.8. The minimum Gasteiger partial charge on any atom is -0.494 e. The maximum absolute atomic E-state index is 11.9. The second-order valence-electron chi connectivity index (χ2n) is 5.96. The average molecular weight is 354 g/mol. The summed E-state index contributed by atoms with van der Waals surface area (Å²) in [5.74, 6) is 0.423. The van der Waals surface area contributed by atoms with Crippen LogP contribution >= 0.6 is 0 Å². The van der Waals surface area contributed by atoms with E-state index in [2.05, 4.69) is 5.32 Å². The second-order valence-corrected chi connectivity index (χ2v) is 5.96. The van der Waals surface area contributed by atoms with E-state index in [1.807, 2.05) is 48.5 Å². The first kappa shape index (κ1) is 17.8. The zero-order valence-electron chi connectivity index (χ0n) is 14.5. The van der Waals surface area contributed by atoms with Crippen LogP contribution in [0.2, 0.25) is 0 Å². The molecule has 0 atom stereocenters. The molecule has 1 aromatic heterocycles. The maximum Gasteiger partial charge on any atom is 0.419 e. The van der Waals surface area contributed by atoms with Crippen LogP contribution in [0.25, 0.3) is 11.1 Å². The van der Waals surface area contributed by atoms with E-state index < -0.39 is 0 Å². The lowest BCUT2D eigenvalue weighted by atomic mass is 10.2.